The van der Waals surface area contributed by atoms with Crippen LogP contribution in [0, 0.1) is 5.82 Å². The van der Waals surface area contributed by atoms with E-state index in [1.54, 1.807) is 0 Å². The minimum atomic E-state index is -3.31. The third-order valence-electron chi connectivity index (χ3n) is 2.04. The lowest BCUT2D eigenvalue weighted by atomic mass is 10.2. The van der Waals surface area contributed by atoms with Crippen molar-refractivity contribution in [3.8, 4) is 11.5 Å². The third-order valence-corrected chi connectivity index (χ3v) is 2.71. The molecule has 1 aromatic carbocycles. The number of hydrogen-bond donors (Lipinski definition) is 1. The highest BCUT2D eigenvalue weighted by atomic mass is 32.2. The zero-order valence-electron chi connectivity index (χ0n) is 9.42. The van der Waals surface area contributed by atoms with Gasteiger partial charge in [0.2, 0.25) is 21.8 Å². The Hall–Kier alpha value is -1.80. The molecule has 0 spiro atoms. The van der Waals surface area contributed by atoms with Crippen LogP contribution in [0.25, 0.3) is 11.5 Å². The van der Waals surface area contributed by atoms with Crippen LogP contribution >= 0.6 is 0 Å². The number of rotatable bonds is 4. The van der Waals surface area contributed by atoms with E-state index in [0.29, 0.717) is 5.56 Å². The summed E-state index contributed by atoms with van der Waals surface area (Å²) >= 11 is 0. The van der Waals surface area contributed by atoms with E-state index in [1.165, 1.54) is 24.3 Å². The maximum absolute atomic E-state index is 12.7. The topological polar surface area (TPSA) is 85.1 Å². The first kappa shape index (κ1) is 12.7. The molecule has 0 aliphatic heterocycles. The molecule has 0 unspecified atom stereocenters. The number of sulfonamides is 1. The number of halogens is 1. The molecule has 0 saturated carbocycles. The Labute approximate surface area is 103 Å². The maximum Gasteiger partial charge on any atom is 0.247 e. The molecule has 0 aliphatic carbocycles. The Morgan fingerprint density at radius 1 is 1.28 bits per heavy atom. The predicted octanol–water partition coefficient (Wildman–Crippen LogP) is 0.925. The van der Waals surface area contributed by atoms with Gasteiger partial charge in [-0.2, -0.15) is 0 Å². The van der Waals surface area contributed by atoms with Crippen LogP contribution in [0.1, 0.15) is 5.89 Å². The van der Waals surface area contributed by atoms with Gasteiger partial charge in [-0.05, 0) is 24.3 Å². The summed E-state index contributed by atoms with van der Waals surface area (Å²) in [4.78, 5) is 0. The maximum atomic E-state index is 12.7. The quantitative estimate of drug-likeness (QED) is 0.894. The molecule has 0 radical (unpaired) electrons. The fourth-order valence-electron chi connectivity index (χ4n) is 1.23. The van der Waals surface area contributed by atoms with Crippen molar-refractivity contribution >= 4 is 10.0 Å². The first-order chi connectivity index (χ1) is 8.44. The highest BCUT2D eigenvalue weighted by molar-refractivity contribution is 7.88. The van der Waals surface area contributed by atoms with Crippen LogP contribution in [0.3, 0.4) is 0 Å². The largest absolute Gasteiger partial charge is 0.419 e. The van der Waals surface area contributed by atoms with Gasteiger partial charge in [-0.25, -0.2) is 17.5 Å². The molecule has 1 aromatic heterocycles. The van der Waals surface area contributed by atoms with Crippen LogP contribution in [0.15, 0.2) is 28.7 Å². The Kier molecular flexibility index (Phi) is 3.39. The van der Waals surface area contributed by atoms with E-state index in [-0.39, 0.29) is 24.1 Å². The Balaban J connectivity index is 2.13. The van der Waals surface area contributed by atoms with E-state index in [0.717, 1.165) is 6.26 Å². The number of aromatic nitrogens is 2. The van der Waals surface area contributed by atoms with Crippen molar-refractivity contribution in [1.82, 2.24) is 14.9 Å². The number of nitrogens with one attached hydrogen (secondary N) is 1. The lowest BCUT2D eigenvalue weighted by molar-refractivity contribution is 0.495. The molecule has 0 amide bonds. The average Bonchev–Trinajstić information content (AvgIpc) is 2.75. The first-order valence-electron chi connectivity index (χ1n) is 4.97. The van der Waals surface area contributed by atoms with Crippen LogP contribution in [0.4, 0.5) is 4.39 Å². The molecular weight excluding hydrogens is 261 g/mol. The molecule has 8 heteroatoms. The molecule has 2 aromatic rings. The number of nitrogens with zero attached hydrogens (tertiary/aromatic N) is 2. The summed E-state index contributed by atoms with van der Waals surface area (Å²) in [5, 5.41) is 7.42. The highest BCUT2D eigenvalue weighted by Crippen LogP contribution is 2.17. The molecule has 0 aliphatic rings. The molecule has 18 heavy (non-hydrogen) atoms. The van der Waals surface area contributed by atoms with Crippen LogP contribution in [0.5, 0.6) is 0 Å². The first-order valence-corrected chi connectivity index (χ1v) is 6.86. The van der Waals surface area contributed by atoms with Crippen molar-refractivity contribution in [1.29, 1.82) is 0 Å². The normalized spacial score (nSPS) is 11.7. The van der Waals surface area contributed by atoms with Crippen LogP contribution in [-0.2, 0) is 16.6 Å². The van der Waals surface area contributed by atoms with Crippen LogP contribution < -0.4 is 4.72 Å². The molecule has 1 heterocycles. The predicted molar refractivity (Wildman–Crippen MR) is 61.4 cm³/mol. The third kappa shape index (κ3) is 3.34. The van der Waals surface area contributed by atoms with E-state index >= 15 is 0 Å². The molecule has 0 fully saturated rings. The van der Waals surface area contributed by atoms with Crippen molar-refractivity contribution in [2.45, 2.75) is 6.54 Å². The fraction of sp³-hybridized carbons (Fsp3) is 0.200. The van der Waals surface area contributed by atoms with E-state index in [1.807, 2.05) is 0 Å². The fourth-order valence-corrected chi connectivity index (χ4v) is 1.61. The van der Waals surface area contributed by atoms with E-state index in [4.69, 9.17) is 4.42 Å². The van der Waals surface area contributed by atoms with Gasteiger partial charge >= 0.3 is 0 Å². The van der Waals surface area contributed by atoms with Crippen molar-refractivity contribution < 1.29 is 17.2 Å². The lowest BCUT2D eigenvalue weighted by Gasteiger charge is -1.96. The van der Waals surface area contributed by atoms with Crippen molar-refractivity contribution in [2.75, 3.05) is 6.26 Å². The molecule has 2 rings (SSSR count). The van der Waals surface area contributed by atoms with Gasteiger partial charge in [-0.3, -0.25) is 0 Å². The van der Waals surface area contributed by atoms with Crippen LogP contribution in [0.2, 0.25) is 0 Å². The molecule has 6 nitrogen and oxygen atoms in total. The highest BCUT2D eigenvalue weighted by Gasteiger charge is 2.10. The molecule has 96 valence electrons. The van der Waals surface area contributed by atoms with Crippen LogP contribution in [-0.4, -0.2) is 24.9 Å². The number of benzene rings is 1. The summed E-state index contributed by atoms with van der Waals surface area (Å²) in [6.07, 6.45) is 1.03. The molecule has 0 saturated heterocycles. The van der Waals surface area contributed by atoms with Gasteiger partial charge in [0, 0.05) is 5.56 Å². The minimum absolute atomic E-state index is 0.0764. The summed E-state index contributed by atoms with van der Waals surface area (Å²) in [7, 11) is -3.31. The number of hydrogen-bond acceptors (Lipinski definition) is 5. The Morgan fingerprint density at radius 2 is 1.94 bits per heavy atom. The summed E-state index contributed by atoms with van der Waals surface area (Å²) in [5.74, 6) is -0.0164. The molecule has 0 atom stereocenters. The van der Waals surface area contributed by atoms with Gasteiger partial charge < -0.3 is 4.42 Å². The molecular formula is C10H10FN3O3S. The van der Waals surface area contributed by atoms with Gasteiger partial charge in [-0.15, -0.1) is 10.2 Å². The monoisotopic (exact) mass is 271 g/mol. The van der Waals surface area contributed by atoms with Gasteiger partial charge in [0.05, 0.1) is 12.8 Å². The molecule has 1 N–H and O–H groups in total. The van der Waals surface area contributed by atoms with Crippen molar-refractivity contribution in [2.24, 2.45) is 0 Å². The smallest absolute Gasteiger partial charge is 0.247 e. The molecule has 0 bridgehead atoms. The SMILES string of the molecule is CS(=O)(=O)NCc1nnc(-c2ccc(F)cc2)o1. The van der Waals surface area contributed by atoms with Gasteiger partial charge in [0.1, 0.15) is 5.82 Å². The van der Waals surface area contributed by atoms with Crippen molar-refractivity contribution in [3.63, 3.8) is 0 Å². The summed E-state index contributed by atoms with van der Waals surface area (Å²) in [5.41, 5.74) is 0.564. The Morgan fingerprint density at radius 3 is 2.56 bits per heavy atom. The van der Waals surface area contributed by atoms with Crippen molar-refractivity contribution in [3.05, 3.63) is 36.0 Å². The summed E-state index contributed by atoms with van der Waals surface area (Å²) < 4.78 is 41.9. The standard InChI is InChI=1S/C10H10FN3O3S/c1-18(15,16)12-6-9-13-14-10(17-9)7-2-4-8(11)5-3-7/h2-5,12H,6H2,1H3. The van der Waals surface area contributed by atoms with Gasteiger partial charge in [0.25, 0.3) is 0 Å². The minimum Gasteiger partial charge on any atom is -0.419 e. The average molecular weight is 271 g/mol. The van der Waals surface area contributed by atoms with Gasteiger partial charge in [0.15, 0.2) is 0 Å². The second-order valence-corrected chi connectivity index (χ2v) is 5.43. The van der Waals surface area contributed by atoms with E-state index in [9.17, 15) is 12.8 Å². The van der Waals surface area contributed by atoms with E-state index < -0.39 is 10.0 Å². The van der Waals surface area contributed by atoms with E-state index in [2.05, 4.69) is 14.9 Å². The Bertz CT molecular complexity index is 637. The zero-order chi connectivity index (χ0) is 13.2. The second-order valence-electron chi connectivity index (χ2n) is 3.60. The van der Waals surface area contributed by atoms with Gasteiger partial charge in [-0.1, -0.05) is 0 Å². The lowest BCUT2D eigenvalue weighted by Crippen LogP contribution is -2.21. The second kappa shape index (κ2) is 4.83. The summed E-state index contributed by atoms with van der Waals surface area (Å²) in [6, 6.07) is 5.54. The zero-order valence-corrected chi connectivity index (χ0v) is 10.2. The summed E-state index contributed by atoms with van der Waals surface area (Å²) in [6.45, 7) is -0.0764.